The first-order chi connectivity index (χ1) is 8.85. The molecule has 1 fully saturated rings. The molecule has 3 nitrogen and oxygen atoms in total. The summed E-state index contributed by atoms with van der Waals surface area (Å²) < 4.78 is 24.6. The molecule has 102 valence electrons. The van der Waals surface area contributed by atoms with Crippen LogP contribution in [0.25, 0.3) is 0 Å². The lowest BCUT2D eigenvalue weighted by Gasteiger charge is -2.26. The van der Waals surface area contributed by atoms with E-state index in [4.69, 9.17) is 0 Å². The van der Waals surface area contributed by atoms with Crippen LogP contribution in [0.1, 0.15) is 37.3 Å². The van der Waals surface area contributed by atoms with Crippen molar-refractivity contribution in [1.82, 2.24) is 0 Å². The van der Waals surface area contributed by atoms with E-state index in [1.54, 1.807) is 19.1 Å². The standard InChI is InChI=1S/C15H19NO2S/c1-11-6-7-14(12(2)9-11)19(17,18)15(10-16)8-4-5-13(15)3/h6-7,9,13H,4-5,8H2,1-3H3. The Morgan fingerprint density at radius 2 is 2.05 bits per heavy atom. The third-order valence-corrected chi connectivity index (χ3v) is 6.96. The number of nitriles is 1. The molecule has 1 aromatic rings. The Balaban J connectivity index is 2.63. The van der Waals surface area contributed by atoms with Gasteiger partial charge in [-0.05, 0) is 44.2 Å². The highest BCUT2D eigenvalue weighted by Gasteiger charge is 2.52. The Morgan fingerprint density at radius 1 is 1.37 bits per heavy atom. The van der Waals surface area contributed by atoms with Gasteiger partial charge in [0.15, 0.2) is 14.6 Å². The minimum absolute atomic E-state index is 0.108. The Kier molecular flexibility index (Phi) is 3.44. The van der Waals surface area contributed by atoms with Crippen molar-refractivity contribution >= 4 is 9.84 Å². The predicted octanol–water partition coefficient (Wildman–Crippen LogP) is 3.16. The SMILES string of the molecule is Cc1ccc(S(=O)(=O)C2(C#N)CCCC2C)c(C)c1. The number of hydrogen-bond donors (Lipinski definition) is 0. The van der Waals surface area contributed by atoms with Crippen LogP contribution < -0.4 is 0 Å². The lowest BCUT2D eigenvalue weighted by Crippen LogP contribution is -2.40. The maximum Gasteiger partial charge on any atom is 0.197 e. The first-order valence-electron chi connectivity index (χ1n) is 6.58. The van der Waals surface area contributed by atoms with Gasteiger partial charge in [-0.3, -0.25) is 0 Å². The quantitative estimate of drug-likeness (QED) is 0.834. The molecule has 0 spiro atoms. The molecule has 0 radical (unpaired) electrons. The molecule has 4 heteroatoms. The van der Waals surface area contributed by atoms with Crippen molar-refractivity contribution in [3.8, 4) is 6.07 Å². The maximum atomic E-state index is 12.9. The smallest absolute Gasteiger partial charge is 0.197 e. The van der Waals surface area contributed by atoms with Crippen molar-refractivity contribution in [3.05, 3.63) is 29.3 Å². The summed E-state index contributed by atoms with van der Waals surface area (Å²) in [5.74, 6) is -0.108. The van der Waals surface area contributed by atoms with Crippen LogP contribution in [0.3, 0.4) is 0 Å². The predicted molar refractivity (Wildman–Crippen MR) is 74.5 cm³/mol. The third kappa shape index (κ3) is 1.97. The van der Waals surface area contributed by atoms with Crippen LogP contribution in [0.4, 0.5) is 0 Å². The average Bonchev–Trinajstić information content (AvgIpc) is 2.71. The van der Waals surface area contributed by atoms with Crippen LogP contribution >= 0.6 is 0 Å². The molecule has 2 unspecified atom stereocenters. The number of aryl methyl sites for hydroxylation is 2. The summed E-state index contributed by atoms with van der Waals surface area (Å²) in [6.45, 7) is 5.60. The molecule has 1 aromatic carbocycles. The number of nitrogens with zero attached hydrogens (tertiary/aromatic N) is 1. The van der Waals surface area contributed by atoms with Crippen LogP contribution in [0.2, 0.25) is 0 Å². The summed E-state index contributed by atoms with van der Waals surface area (Å²) in [6, 6.07) is 7.42. The second-order valence-corrected chi connectivity index (χ2v) is 7.74. The zero-order chi connectivity index (χ0) is 14.3. The monoisotopic (exact) mass is 277 g/mol. The maximum absolute atomic E-state index is 12.9. The molecule has 0 aromatic heterocycles. The molecule has 2 atom stereocenters. The Morgan fingerprint density at radius 3 is 2.53 bits per heavy atom. The van der Waals surface area contributed by atoms with E-state index in [1.165, 1.54) is 0 Å². The van der Waals surface area contributed by atoms with E-state index in [0.29, 0.717) is 11.3 Å². The summed E-state index contributed by atoms with van der Waals surface area (Å²) >= 11 is 0. The fourth-order valence-electron chi connectivity index (χ4n) is 3.07. The zero-order valence-corrected chi connectivity index (χ0v) is 12.4. The zero-order valence-electron chi connectivity index (χ0n) is 11.6. The highest BCUT2D eigenvalue weighted by Crippen LogP contribution is 2.44. The lowest BCUT2D eigenvalue weighted by atomic mass is 9.99. The summed E-state index contributed by atoms with van der Waals surface area (Å²) in [7, 11) is -3.61. The van der Waals surface area contributed by atoms with Crippen molar-refractivity contribution in [2.24, 2.45) is 5.92 Å². The van der Waals surface area contributed by atoms with E-state index in [-0.39, 0.29) is 5.92 Å². The molecule has 0 N–H and O–H groups in total. The number of sulfone groups is 1. The van der Waals surface area contributed by atoms with Crippen molar-refractivity contribution < 1.29 is 8.42 Å². The molecular weight excluding hydrogens is 258 g/mol. The highest BCUT2D eigenvalue weighted by atomic mass is 32.2. The van der Waals surface area contributed by atoms with Gasteiger partial charge in [-0.25, -0.2) is 8.42 Å². The number of hydrogen-bond acceptors (Lipinski definition) is 3. The van der Waals surface area contributed by atoms with E-state index < -0.39 is 14.6 Å². The summed E-state index contributed by atoms with van der Waals surface area (Å²) in [5.41, 5.74) is 1.76. The minimum Gasteiger partial charge on any atom is -0.222 e. The molecule has 0 heterocycles. The van der Waals surface area contributed by atoms with Gasteiger partial charge in [0.05, 0.1) is 11.0 Å². The van der Waals surface area contributed by atoms with Gasteiger partial charge in [-0.2, -0.15) is 5.26 Å². The van der Waals surface area contributed by atoms with E-state index in [9.17, 15) is 13.7 Å². The second-order valence-electron chi connectivity index (χ2n) is 5.57. The Hall–Kier alpha value is -1.34. The van der Waals surface area contributed by atoms with Crippen molar-refractivity contribution in [1.29, 1.82) is 5.26 Å². The van der Waals surface area contributed by atoms with Gasteiger partial charge in [0.2, 0.25) is 0 Å². The fraction of sp³-hybridized carbons (Fsp3) is 0.533. The molecule has 0 bridgehead atoms. The van der Waals surface area contributed by atoms with Crippen molar-refractivity contribution in [2.45, 2.75) is 49.7 Å². The first-order valence-corrected chi connectivity index (χ1v) is 8.06. The van der Waals surface area contributed by atoms with Crippen LogP contribution in [0, 0.1) is 31.1 Å². The molecule has 0 amide bonds. The molecule has 1 aliphatic rings. The van der Waals surface area contributed by atoms with Crippen LogP contribution in [-0.2, 0) is 9.84 Å². The fourth-order valence-corrected chi connectivity index (χ4v) is 5.38. The average molecular weight is 277 g/mol. The van der Waals surface area contributed by atoms with Crippen LogP contribution in [0.5, 0.6) is 0 Å². The molecule has 2 rings (SSSR count). The topological polar surface area (TPSA) is 57.9 Å². The molecule has 0 saturated heterocycles. The van der Waals surface area contributed by atoms with E-state index in [0.717, 1.165) is 24.0 Å². The van der Waals surface area contributed by atoms with Gasteiger partial charge in [0.1, 0.15) is 0 Å². The Labute approximate surface area is 115 Å². The lowest BCUT2D eigenvalue weighted by molar-refractivity contribution is 0.494. The molecule has 19 heavy (non-hydrogen) atoms. The number of benzene rings is 1. The van der Waals surface area contributed by atoms with Gasteiger partial charge in [0.25, 0.3) is 0 Å². The van der Waals surface area contributed by atoms with Gasteiger partial charge in [-0.15, -0.1) is 0 Å². The molecule has 1 saturated carbocycles. The van der Waals surface area contributed by atoms with Gasteiger partial charge < -0.3 is 0 Å². The summed E-state index contributed by atoms with van der Waals surface area (Å²) in [6.07, 6.45) is 2.05. The third-order valence-electron chi connectivity index (χ3n) is 4.27. The summed E-state index contributed by atoms with van der Waals surface area (Å²) in [5, 5.41) is 9.50. The minimum atomic E-state index is -3.61. The van der Waals surface area contributed by atoms with Crippen LogP contribution in [-0.4, -0.2) is 13.2 Å². The highest BCUT2D eigenvalue weighted by molar-refractivity contribution is 7.93. The summed E-state index contributed by atoms with van der Waals surface area (Å²) in [4.78, 5) is 0.313. The van der Waals surface area contributed by atoms with Crippen LogP contribution in [0.15, 0.2) is 23.1 Å². The number of rotatable bonds is 2. The molecular formula is C15H19NO2S. The normalized spacial score (nSPS) is 27.2. The van der Waals surface area contributed by atoms with Crippen molar-refractivity contribution in [3.63, 3.8) is 0 Å². The van der Waals surface area contributed by atoms with Crippen molar-refractivity contribution in [2.75, 3.05) is 0 Å². The Bertz CT molecular complexity index is 643. The van der Waals surface area contributed by atoms with E-state index >= 15 is 0 Å². The molecule has 0 aliphatic heterocycles. The van der Waals surface area contributed by atoms with Gasteiger partial charge in [-0.1, -0.05) is 31.0 Å². The first kappa shape index (κ1) is 14.1. The van der Waals surface area contributed by atoms with Gasteiger partial charge in [0, 0.05) is 0 Å². The largest absolute Gasteiger partial charge is 0.222 e. The van der Waals surface area contributed by atoms with E-state index in [2.05, 4.69) is 6.07 Å². The van der Waals surface area contributed by atoms with Gasteiger partial charge >= 0.3 is 0 Å². The van der Waals surface area contributed by atoms with E-state index in [1.807, 2.05) is 19.9 Å². The second kappa shape index (κ2) is 4.64. The molecule has 1 aliphatic carbocycles.